The Morgan fingerprint density at radius 1 is 1.00 bits per heavy atom. The summed E-state index contributed by atoms with van der Waals surface area (Å²) >= 11 is 0. The quantitative estimate of drug-likeness (QED) is 0.408. The number of nitrogens with one attached hydrogen (secondary N) is 1. The fourth-order valence-electron chi connectivity index (χ4n) is 2.62. The molecule has 2 aromatic heterocycles. The summed E-state index contributed by atoms with van der Waals surface area (Å²) in [6.45, 7) is 0.460. The van der Waals surface area contributed by atoms with Gasteiger partial charge in [-0.2, -0.15) is 9.90 Å². The summed E-state index contributed by atoms with van der Waals surface area (Å²) in [5.74, 6) is 0.292. The third-order valence-corrected chi connectivity index (χ3v) is 4.11. The molecule has 0 spiro atoms. The van der Waals surface area contributed by atoms with Gasteiger partial charge < -0.3 is 0 Å². The van der Waals surface area contributed by atoms with Gasteiger partial charge in [0.1, 0.15) is 0 Å². The van der Waals surface area contributed by atoms with Gasteiger partial charge in [-0.15, -0.1) is 10.2 Å². The number of amides is 1. The van der Waals surface area contributed by atoms with Crippen LogP contribution in [-0.2, 0) is 6.54 Å². The van der Waals surface area contributed by atoms with Crippen molar-refractivity contribution >= 4 is 12.1 Å². The van der Waals surface area contributed by atoms with Crippen LogP contribution in [0.25, 0.3) is 11.4 Å². The van der Waals surface area contributed by atoms with Gasteiger partial charge in [0.05, 0.1) is 12.8 Å². The maximum absolute atomic E-state index is 12.2. The Hall–Kier alpha value is -4.20. The molecule has 0 radical (unpaired) electrons. The molecule has 0 aliphatic heterocycles. The van der Waals surface area contributed by atoms with Gasteiger partial charge >= 0.3 is 0 Å². The molecule has 1 N–H and O–H groups in total. The molecule has 0 fully saturated rings. The Morgan fingerprint density at radius 3 is 2.52 bits per heavy atom. The largest absolute Gasteiger partial charge is 0.271 e. The van der Waals surface area contributed by atoms with Crippen molar-refractivity contribution in [2.24, 2.45) is 5.10 Å². The molecule has 29 heavy (non-hydrogen) atoms. The topological polar surface area (TPSA) is 98.0 Å². The number of carbonyl (C=O) groups excluding carboxylic acids is 1. The molecule has 0 aliphatic carbocycles. The Kier molecular flexibility index (Phi) is 5.43. The summed E-state index contributed by atoms with van der Waals surface area (Å²) in [7, 11) is 0. The van der Waals surface area contributed by atoms with Gasteiger partial charge in [0.15, 0.2) is 0 Å². The van der Waals surface area contributed by atoms with E-state index in [1.165, 1.54) is 4.80 Å². The molecule has 8 heteroatoms. The van der Waals surface area contributed by atoms with Gasteiger partial charge in [0.2, 0.25) is 5.82 Å². The number of nitrogens with zero attached hydrogens (tertiary/aromatic N) is 6. The van der Waals surface area contributed by atoms with Gasteiger partial charge in [-0.1, -0.05) is 42.5 Å². The summed E-state index contributed by atoms with van der Waals surface area (Å²) in [6.07, 6.45) is 4.89. The van der Waals surface area contributed by atoms with Crippen molar-refractivity contribution in [3.8, 4) is 11.4 Å². The Labute approximate surface area is 166 Å². The Morgan fingerprint density at radius 2 is 1.76 bits per heavy atom. The van der Waals surface area contributed by atoms with E-state index >= 15 is 0 Å². The molecule has 0 bridgehead atoms. The lowest BCUT2D eigenvalue weighted by Crippen LogP contribution is -2.17. The molecular formula is C21H17N7O. The van der Waals surface area contributed by atoms with E-state index in [4.69, 9.17) is 0 Å². The third-order valence-electron chi connectivity index (χ3n) is 4.11. The highest BCUT2D eigenvalue weighted by Crippen LogP contribution is 2.12. The van der Waals surface area contributed by atoms with Gasteiger partial charge in [-0.3, -0.25) is 9.78 Å². The normalized spacial score (nSPS) is 10.9. The van der Waals surface area contributed by atoms with Crippen molar-refractivity contribution in [1.29, 1.82) is 0 Å². The van der Waals surface area contributed by atoms with Crippen LogP contribution in [0.4, 0.5) is 0 Å². The second-order valence-electron chi connectivity index (χ2n) is 6.19. The molecule has 2 aromatic carbocycles. The second-order valence-corrected chi connectivity index (χ2v) is 6.19. The van der Waals surface area contributed by atoms with Gasteiger partial charge in [0, 0.05) is 23.5 Å². The van der Waals surface area contributed by atoms with E-state index in [1.54, 1.807) is 42.9 Å². The minimum atomic E-state index is -0.285. The van der Waals surface area contributed by atoms with E-state index in [2.05, 4.69) is 30.9 Å². The number of aromatic nitrogens is 5. The van der Waals surface area contributed by atoms with Gasteiger partial charge in [0.25, 0.3) is 5.91 Å². The number of tetrazole rings is 1. The summed E-state index contributed by atoms with van der Waals surface area (Å²) in [5, 5.41) is 16.5. The Bertz CT molecular complexity index is 1110. The number of hydrogen-bond donors (Lipinski definition) is 1. The number of pyridine rings is 1. The van der Waals surface area contributed by atoms with E-state index in [9.17, 15) is 4.79 Å². The van der Waals surface area contributed by atoms with E-state index < -0.39 is 0 Å². The van der Waals surface area contributed by atoms with Crippen LogP contribution in [0.15, 0.2) is 84.2 Å². The molecule has 2 heterocycles. The Balaban J connectivity index is 1.36. The van der Waals surface area contributed by atoms with Crippen molar-refractivity contribution in [2.45, 2.75) is 6.54 Å². The number of hydrazone groups is 1. The maximum Gasteiger partial charge on any atom is 0.271 e. The van der Waals surface area contributed by atoms with Crippen LogP contribution in [0.2, 0.25) is 0 Å². The smallest absolute Gasteiger partial charge is 0.267 e. The second kappa shape index (κ2) is 8.66. The van der Waals surface area contributed by atoms with Gasteiger partial charge in [-0.05, 0) is 40.6 Å². The van der Waals surface area contributed by atoms with Crippen LogP contribution in [0, 0.1) is 0 Å². The zero-order valence-electron chi connectivity index (χ0n) is 15.4. The third kappa shape index (κ3) is 4.75. The number of hydrogen-bond acceptors (Lipinski definition) is 6. The summed E-state index contributed by atoms with van der Waals surface area (Å²) in [6, 6.07) is 20.5. The van der Waals surface area contributed by atoms with Crippen LogP contribution < -0.4 is 5.43 Å². The van der Waals surface area contributed by atoms with Crippen LogP contribution in [0.3, 0.4) is 0 Å². The van der Waals surface area contributed by atoms with Crippen LogP contribution in [0.5, 0.6) is 0 Å². The SMILES string of the molecule is O=C(N/N=C/c1ccncc1)c1ccc(Cn2nnc(-c3ccccc3)n2)cc1. The lowest BCUT2D eigenvalue weighted by Gasteiger charge is -2.03. The number of carbonyl (C=O) groups is 1. The molecule has 0 atom stereocenters. The first-order valence-electron chi connectivity index (χ1n) is 8.93. The fraction of sp³-hybridized carbons (Fsp3) is 0.0476. The lowest BCUT2D eigenvalue weighted by molar-refractivity contribution is 0.0955. The minimum Gasteiger partial charge on any atom is -0.267 e. The molecule has 142 valence electrons. The average molecular weight is 383 g/mol. The summed E-state index contributed by atoms with van der Waals surface area (Å²) in [5.41, 5.74) is 5.74. The predicted molar refractivity (Wildman–Crippen MR) is 108 cm³/mol. The monoisotopic (exact) mass is 383 g/mol. The summed E-state index contributed by atoms with van der Waals surface area (Å²) < 4.78 is 0. The van der Waals surface area contributed by atoms with E-state index in [0.29, 0.717) is 17.9 Å². The highest BCUT2D eigenvalue weighted by molar-refractivity contribution is 5.94. The molecule has 8 nitrogen and oxygen atoms in total. The van der Waals surface area contributed by atoms with Crippen molar-refractivity contribution in [1.82, 2.24) is 30.6 Å². The first kappa shape index (κ1) is 18.2. The van der Waals surface area contributed by atoms with Crippen molar-refractivity contribution in [2.75, 3.05) is 0 Å². The van der Waals surface area contributed by atoms with Gasteiger partial charge in [-0.25, -0.2) is 5.43 Å². The van der Waals surface area contributed by atoms with Crippen LogP contribution in [-0.4, -0.2) is 37.3 Å². The van der Waals surface area contributed by atoms with E-state index in [-0.39, 0.29) is 5.91 Å². The van der Waals surface area contributed by atoms with Crippen LogP contribution in [0.1, 0.15) is 21.5 Å². The van der Waals surface area contributed by atoms with Crippen molar-refractivity contribution in [3.05, 3.63) is 95.8 Å². The molecule has 1 amide bonds. The number of benzene rings is 2. The first-order chi connectivity index (χ1) is 14.3. The number of rotatable bonds is 6. The lowest BCUT2D eigenvalue weighted by atomic mass is 10.1. The molecule has 4 rings (SSSR count). The van der Waals surface area contributed by atoms with Crippen molar-refractivity contribution in [3.63, 3.8) is 0 Å². The fourth-order valence-corrected chi connectivity index (χ4v) is 2.62. The highest BCUT2D eigenvalue weighted by Gasteiger charge is 2.07. The van der Waals surface area contributed by atoms with E-state index in [1.807, 2.05) is 42.5 Å². The molecule has 0 unspecified atom stereocenters. The summed E-state index contributed by atoms with van der Waals surface area (Å²) in [4.78, 5) is 17.6. The zero-order valence-corrected chi connectivity index (χ0v) is 15.4. The molecule has 0 aliphatic rings. The van der Waals surface area contributed by atoms with Crippen molar-refractivity contribution < 1.29 is 4.79 Å². The standard InChI is InChI=1S/C21H17N7O/c29-21(25-23-14-16-10-12-22-13-11-16)19-8-6-17(7-9-19)15-28-26-20(24-27-28)18-4-2-1-3-5-18/h1-14H,15H2,(H,25,29)/b23-14+. The zero-order chi connectivity index (χ0) is 19.9. The average Bonchev–Trinajstić information content (AvgIpc) is 3.24. The molecule has 0 saturated heterocycles. The predicted octanol–water partition coefficient (Wildman–Crippen LogP) is 2.55. The van der Waals surface area contributed by atoms with Crippen LogP contribution >= 0.6 is 0 Å². The molecular weight excluding hydrogens is 366 g/mol. The first-order valence-corrected chi connectivity index (χ1v) is 8.93. The molecule has 0 saturated carbocycles. The maximum atomic E-state index is 12.2. The minimum absolute atomic E-state index is 0.285. The molecule has 4 aromatic rings. The van der Waals surface area contributed by atoms with E-state index in [0.717, 1.165) is 16.7 Å². The highest BCUT2D eigenvalue weighted by atomic mass is 16.2.